The van der Waals surface area contributed by atoms with Gasteiger partial charge in [0.25, 0.3) is 0 Å². The van der Waals surface area contributed by atoms with Gasteiger partial charge in [-0.1, -0.05) is 12.2 Å². The second-order valence-electron chi connectivity index (χ2n) is 3.66. The second-order valence-corrected chi connectivity index (χ2v) is 3.66. The zero-order valence-corrected chi connectivity index (χ0v) is 8.26. The summed E-state index contributed by atoms with van der Waals surface area (Å²) in [5.74, 6) is 1.65. The molecule has 0 aromatic carbocycles. The van der Waals surface area contributed by atoms with Crippen LogP contribution in [0.2, 0.25) is 0 Å². The average Bonchev–Trinajstić information content (AvgIpc) is 2.84. The quantitative estimate of drug-likeness (QED) is 0.726. The lowest BCUT2D eigenvalue weighted by atomic mass is 10.1. The molecule has 4 nitrogen and oxygen atoms in total. The molecule has 0 saturated carbocycles. The van der Waals surface area contributed by atoms with Gasteiger partial charge in [-0.2, -0.15) is 0 Å². The smallest absolute Gasteiger partial charge is 0.136 e. The van der Waals surface area contributed by atoms with Crippen LogP contribution in [0.15, 0.2) is 18.5 Å². The van der Waals surface area contributed by atoms with E-state index in [0.29, 0.717) is 5.92 Å². The molecule has 1 aliphatic carbocycles. The van der Waals surface area contributed by atoms with Crippen LogP contribution in [0, 0.1) is 0 Å². The summed E-state index contributed by atoms with van der Waals surface area (Å²) in [6, 6.07) is 0. The van der Waals surface area contributed by atoms with Gasteiger partial charge in [0.2, 0.25) is 0 Å². The number of hydrogen-bond donors (Lipinski definition) is 1. The van der Waals surface area contributed by atoms with Crippen molar-refractivity contribution in [3.05, 3.63) is 24.3 Å². The molecule has 1 aromatic heterocycles. The zero-order valence-electron chi connectivity index (χ0n) is 8.26. The lowest BCUT2D eigenvalue weighted by Crippen LogP contribution is -2.10. The van der Waals surface area contributed by atoms with Crippen LogP contribution in [0.5, 0.6) is 0 Å². The van der Waals surface area contributed by atoms with Crippen LogP contribution in [0.1, 0.15) is 31.0 Å². The Morgan fingerprint density at radius 3 is 2.93 bits per heavy atom. The number of aromatic nitrogens is 3. The Kier molecular flexibility index (Phi) is 2.93. The predicted octanol–water partition coefficient (Wildman–Crippen LogP) is 1.06. The van der Waals surface area contributed by atoms with Crippen LogP contribution in [0.4, 0.5) is 0 Å². The fraction of sp³-hybridized carbons (Fsp3) is 0.600. The highest BCUT2D eigenvalue weighted by Crippen LogP contribution is 2.27. The van der Waals surface area contributed by atoms with Gasteiger partial charge in [-0.15, -0.1) is 10.2 Å². The van der Waals surface area contributed by atoms with Crippen LogP contribution in [-0.4, -0.2) is 21.3 Å². The molecule has 2 rings (SSSR count). The lowest BCUT2D eigenvalue weighted by molar-refractivity contribution is 0.573. The maximum absolute atomic E-state index is 5.48. The monoisotopic (exact) mass is 192 g/mol. The van der Waals surface area contributed by atoms with Crippen LogP contribution in [0.3, 0.4) is 0 Å². The van der Waals surface area contributed by atoms with Crippen LogP contribution in [0.25, 0.3) is 0 Å². The third-order valence-corrected chi connectivity index (χ3v) is 2.62. The van der Waals surface area contributed by atoms with E-state index >= 15 is 0 Å². The SMILES string of the molecule is NCCCn1cnnc1C1CC=CC1. The number of nitrogens with zero attached hydrogens (tertiary/aromatic N) is 3. The topological polar surface area (TPSA) is 56.7 Å². The van der Waals surface area contributed by atoms with E-state index in [1.54, 1.807) is 0 Å². The molecule has 1 heterocycles. The number of aryl methyl sites for hydroxylation is 1. The van der Waals surface area contributed by atoms with Crippen LogP contribution in [-0.2, 0) is 6.54 Å². The molecule has 1 aromatic rings. The van der Waals surface area contributed by atoms with Gasteiger partial charge in [0.15, 0.2) is 0 Å². The van der Waals surface area contributed by atoms with E-state index in [2.05, 4.69) is 26.9 Å². The average molecular weight is 192 g/mol. The number of allylic oxidation sites excluding steroid dienone is 2. The largest absolute Gasteiger partial charge is 0.330 e. The molecule has 0 radical (unpaired) electrons. The number of hydrogen-bond acceptors (Lipinski definition) is 3. The minimum atomic E-state index is 0.537. The van der Waals surface area contributed by atoms with E-state index in [4.69, 9.17) is 5.73 Å². The van der Waals surface area contributed by atoms with Gasteiger partial charge in [0.05, 0.1) is 0 Å². The van der Waals surface area contributed by atoms with Gasteiger partial charge in [-0.25, -0.2) is 0 Å². The summed E-state index contributed by atoms with van der Waals surface area (Å²) in [5.41, 5.74) is 5.48. The Morgan fingerprint density at radius 2 is 2.21 bits per heavy atom. The Hall–Kier alpha value is -1.16. The standard InChI is InChI=1S/C10H16N4/c11-6-3-7-14-8-12-13-10(14)9-4-1-2-5-9/h1-2,8-9H,3-7,11H2. The molecule has 76 valence electrons. The minimum Gasteiger partial charge on any atom is -0.330 e. The minimum absolute atomic E-state index is 0.537. The summed E-state index contributed by atoms with van der Waals surface area (Å²) in [5, 5.41) is 8.15. The zero-order chi connectivity index (χ0) is 9.80. The lowest BCUT2D eigenvalue weighted by Gasteiger charge is -2.10. The Morgan fingerprint density at radius 1 is 1.43 bits per heavy atom. The summed E-state index contributed by atoms with van der Waals surface area (Å²) in [6.07, 6.45) is 9.43. The van der Waals surface area contributed by atoms with E-state index in [-0.39, 0.29) is 0 Å². The second kappa shape index (κ2) is 4.37. The summed E-state index contributed by atoms with van der Waals surface area (Å²) in [4.78, 5) is 0. The van der Waals surface area contributed by atoms with Crippen molar-refractivity contribution in [3.63, 3.8) is 0 Å². The Labute approximate surface area is 83.8 Å². The molecule has 0 atom stereocenters. The molecule has 0 fully saturated rings. The molecule has 0 amide bonds. The highest BCUT2D eigenvalue weighted by atomic mass is 15.3. The van der Waals surface area contributed by atoms with Crippen molar-refractivity contribution in [1.29, 1.82) is 0 Å². The normalized spacial score (nSPS) is 16.6. The summed E-state index contributed by atoms with van der Waals surface area (Å²) in [7, 11) is 0. The summed E-state index contributed by atoms with van der Waals surface area (Å²) >= 11 is 0. The van der Waals surface area contributed by atoms with Gasteiger partial charge >= 0.3 is 0 Å². The van der Waals surface area contributed by atoms with Gasteiger partial charge < -0.3 is 10.3 Å². The van der Waals surface area contributed by atoms with Gasteiger partial charge in [-0.3, -0.25) is 0 Å². The molecule has 2 N–H and O–H groups in total. The van der Waals surface area contributed by atoms with E-state index in [0.717, 1.165) is 38.2 Å². The number of rotatable bonds is 4. The van der Waals surface area contributed by atoms with Crippen molar-refractivity contribution >= 4 is 0 Å². The van der Waals surface area contributed by atoms with Crippen molar-refractivity contribution in [1.82, 2.24) is 14.8 Å². The third kappa shape index (κ3) is 1.85. The Bertz CT molecular complexity index is 308. The molecule has 0 aliphatic heterocycles. The van der Waals surface area contributed by atoms with Crippen LogP contribution < -0.4 is 5.73 Å². The Balaban J connectivity index is 2.05. The van der Waals surface area contributed by atoms with Gasteiger partial charge in [0, 0.05) is 12.5 Å². The molecular weight excluding hydrogens is 176 g/mol. The molecule has 4 heteroatoms. The maximum Gasteiger partial charge on any atom is 0.136 e. The van der Waals surface area contributed by atoms with E-state index < -0.39 is 0 Å². The summed E-state index contributed by atoms with van der Waals surface area (Å²) < 4.78 is 2.13. The molecule has 1 aliphatic rings. The van der Waals surface area contributed by atoms with Gasteiger partial charge in [-0.05, 0) is 25.8 Å². The van der Waals surface area contributed by atoms with E-state index in [1.165, 1.54) is 0 Å². The molecule has 0 spiro atoms. The fourth-order valence-electron chi connectivity index (χ4n) is 1.84. The molecular formula is C10H16N4. The van der Waals surface area contributed by atoms with Crippen molar-refractivity contribution in [2.45, 2.75) is 31.7 Å². The van der Waals surface area contributed by atoms with Crippen molar-refractivity contribution in [3.8, 4) is 0 Å². The van der Waals surface area contributed by atoms with E-state index in [9.17, 15) is 0 Å². The first kappa shape index (κ1) is 9.40. The summed E-state index contributed by atoms with van der Waals surface area (Å²) in [6.45, 7) is 1.66. The molecule has 0 unspecified atom stereocenters. The molecule has 0 saturated heterocycles. The first-order valence-electron chi connectivity index (χ1n) is 5.14. The van der Waals surface area contributed by atoms with Crippen LogP contribution >= 0.6 is 0 Å². The fourth-order valence-corrected chi connectivity index (χ4v) is 1.84. The van der Waals surface area contributed by atoms with E-state index in [1.807, 2.05) is 6.33 Å². The first-order chi connectivity index (χ1) is 6.92. The van der Waals surface area contributed by atoms with Crippen molar-refractivity contribution in [2.75, 3.05) is 6.54 Å². The highest BCUT2D eigenvalue weighted by molar-refractivity contribution is 5.08. The molecule has 0 bridgehead atoms. The number of nitrogens with two attached hydrogens (primary N) is 1. The predicted molar refractivity (Wildman–Crippen MR) is 54.8 cm³/mol. The highest BCUT2D eigenvalue weighted by Gasteiger charge is 2.18. The van der Waals surface area contributed by atoms with Crippen molar-refractivity contribution in [2.24, 2.45) is 5.73 Å². The first-order valence-corrected chi connectivity index (χ1v) is 5.14. The maximum atomic E-state index is 5.48. The third-order valence-electron chi connectivity index (χ3n) is 2.62. The van der Waals surface area contributed by atoms with Gasteiger partial charge in [0.1, 0.15) is 12.2 Å². The molecule has 14 heavy (non-hydrogen) atoms. The van der Waals surface area contributed by atoms with Crippen molar-refractivity contribution < 1.29 is 0 Å².